The summed E-state index contributed by atoms with van der Waals surface area (Å²) in [6.45, 7) is 7.02. The van der Waals surface area contributed by atoms with Gasteiger partial charge in [-0.15, -0.1) is 10.2 Å². The number of aromatic amines is 1. The topological polar surface area (TPSA) is 63.6 Å². The van der Waals surface area contributed by atoms with Gasteiger partial charge >= 0.3 is 0 Å². The van der Waals surface area contributed by atoms with Gasteiger partial charge in [0.15, 0.2) is 0 Å². The normalized spacial score (nSPS) is 12.9. The fourth-order valence-electron chi connectivity index (χ4n) is 2.88. The van der Waals surface area contributed by atoms with E-state index >= 15 is 0 Å². The smallest absolute Gasteiger partial charge is 0.248 e. The first kappa shape index (κ1) is 15.8. The molecule has 0 aliphatic heterocycles. The van der Waals surface area contributed by atoms with Crippen molar-refractivity contribution in [2.24, 2.45) is 0 Å². The monoisotopic (exact) mass is 328 g/mol. The third-order valence-electron chi connectivity index (χ3n) is 3.96. The minimum Gasteiger partial charge on any atom is -0.322 e. The molecule has 0 saturated heterocycles. The van der Waals surface area contributed by atoms with E-state index in [4.69, 9.17) is 12.6 Å². The van der Waals surface area contributed by atoms with E-state index in [9.17, 15) is 4.79 Å². The Morgan fingerprint density at radius 1 is 1.22 bits per heavy atom. The molecule has 1 unspecified atom stereocenters. The molecule has 23 heavy (non-hydrogen) atoms. The van der Waals surface area contributed by atoms with Crippen molar-refractivity contribution >= 4 is 23.5 Å². The molecule has 0 bridgehead atoms. The van der Waals surface area contributed by atoms with Crippen LogP contribution in [-0.4, -0.2) is 19.7 Å². The van der Waals surface area contributed by atoms with Gasteiger partial charge in [0.25, 0.3) is 0 Å². The molecule has 2 aromatic heterocycles. The van der Waals surface area contributed by atoms with Gasteiger partial charge in [0.1, 0.15) is 11.6 Å². The van der Waals surface area contributed by atoms with Crippen LogP contribution in [0.1, 0.15) is 49.2 Å². The van der Waals surface area contributed by atoms with Crippen molar-refractivity contribution in [3.05, 3.63) is 57.9 Å². The largest absolute Gasteiger partial charge is 0.322 e. The number of hydrogen-bond donors (Lipinski definition) is 2. The molecule has 1 aromatic carbocycles. The van der Waals surface area contributed by atoms with Crippen LogP contribution in [0.5, 0.6) is 0 Å². The summed E-state index contributed by atoms with van der Waals surface area (Å²) >= 11 is 4.76. The fourth-order valence-corrected chi connectivity index (χ4v) is 3.28. The molecule has 1 atom stereocenters. The number of nitrogens with zero attached hydrogens (tertiary/aromatic N) is 3. The van der Waals surface area contributed by atoms with E-state index in [1.165, 1.54) is 0 Å². The standard InChI is InChI=1S/C17H20N4OS/c1-4-21-16(10(2)3)19-20-17(21)15(23)12-9-14(22)18-13-8-6-5-7-11(12)13/h5-10,15,23H,4H2,1-3H3,(H,18,22). The molecular weight excluding hydrogens is 308 g/mol. The van der Waals surface area contributed by atoms with Crippen LogP contribution < -0.4 is 5.56 Å². The molecule has 6 heteroatoms. The van der Waals surface area contributed by atoms with Gasteiger partial charge in [-0.05, 0) is 18.6 Å². The first-order valence-electron chi connectivity index (χ1n) is 7.76. The van der Waals surface area contributed by atoms with Crippen LogP contribution >= 0.6 is 12.6 Å². The zero-order chi connectivity index (χ0) is 16.6. The van der Waals surface area contributed by atoms with Crippen molar-refractivity contribution in [3.63, 3.8) is 0 Å². The summed E-state index contributed by atoms with van der Waals surface area (Å²) in [5, 5.41) is 9.33. The minimum atomic E-state index is -0.304. The molecule has 0 fully saturated rings. The molecule has 0 radical (unpaired) electrons. The Bertz CT molecular complexity index is 897. The number of benzene rings is 1. The number of para-hydroxylation sites is 1. The van der Waals surface area contributed by atoms with Crippen LogP contribution in [0.3, 0.4) is 0 Å². The Kier molecular flexibility index (Phi) is 4.26. The predicted octanol–water partition coefficient (Wildman–Crippen LogP) is 3.28. The third kappa shape index (κ3) is 2.79. The lowest BCUT2D eigenvalue weighted by Gasteiger charge is -2.16. The second-order valence-electron chi connectivity index (χ2n) is 5.85. The number of thiol groups is 1. The zero-order valence-electron chi connectivity index (χ0n) is 13.4. The van der Waals surface area contributed by atoms with Crippen molar-refractivity contribution in [1.82, 2.24) is 19.7 Å². The predicted molar refractivity (Wildman–Crippen MR) is 95.2 cm³/mol. The summed E-state index contributed by atoms with van der Waals surface area (Å²) in [4.78, 5) is 14.8. The summed E-state index contributed by atoms with van der Waals surface area (Å²) in [6.07, 6.45) is 0. The maximum absolute atomic E-state index is 12.0. The van der Waals surface area contributed by atoms with Gasteiger partial charge in [0, 0.05) is 29.4 Å². The fraction of sp³-hybridized carbons (Fsp3) is 0.353. The number of rotatable bonds is 4. The highest BCUT2D eigenvalue weighted by molar-refractivity contribution is 7.80. The summed E-state index contributed by atoms with van der Waals surface area (Å²) in [5.41, 5.74) is 1.52. The van der Waals surface area contributed by atoms with Crippen molar-refractivity contribution in [1.29, 1.82) is 0 Å². The Morgan fingerprint density at radius 3 is 2.61 bits per heavy atom. The van der Waals surface area contributed by atoms with Crippen molar-refractivity contribution < 1.29 is 0 Å². The van der Waals surface area contributed by atoms with E-state index in [1.54, 1.807) is 6.07 Å². The van der Waals surface area contributed by atoms with Gasteiger partial charge in [-0.1, -0.05) is 32.0 Å². The maximum Gasteiger partial charge on any atom is 0.248 e. The second kappa shape index (κ2) is 6.20. The highest BCUT2D eigenvalue weighted by Gasteiger charge is 2.22. The Balaban J connectivity index is 2.18. The van der Waals surface area contributed by atoms with Crippen molar-refractivity contribution in [3.8, 4) is 0 Å². The third-order valence-corrected chi connectivity index (χ3v) is 4.47. The number of fused-ring (bicyclic) bond motifs is 1. The van der Waals surface area contributed by atoms with Gasteiger partial charge in [0.2, 0.25) is 5.56 Å². The van der Waals surface area contributed by atoms with Crippen LogP contribution in [0.2, 0.25) is 0 Å². The molecule has 5 nitrogen and oxygen atoms in total. The van der Waals surface area contributed by atoms with Crippen LogP contribution in [0.15, 0.2) is 35.1 Å². The molecule has 0 aliphatic carbocycles. The lowest BCUT2D eigenvalue weighted by molar-refractivity contribution is 0.631. The molecule has 3 rings (SSSR count). The summed E-state index contributed by atoms with van der Waals surface area (Å²) in [5.74, 6) is 2.00. The highest BCUT2D eigenvalue weighted by atomic mass is 32.1. The average molecular weight is 328 g/mol. The molecule has 0 saturated carbocycles. The molecular formula is C17H20N4OS. The summed E-state index contributed by atoms with van der Waals surface area (Å²) in [7, 11) is 0. The molecule has 120 valence electrons. The minimum absolute atomic E-state index is 0.135. The average Bonchev–Trinajstić information content (AvgIpc) is 2.97. The number of hydrogen-bond acceptors (Lipinski definition) is 4. The van der Waals surface area contributed by atoms with E-state index in [0.717, 1.165) is 34.7 Å². The van der Waals surface area contributed by atoms with Gasteiger partial charge in [-0.2, -0.15) is 12.6 Å². The Morgan fingerprint density at radius 2 is 1.91 bits per heavy atom. The van der Waals surface area contributed by atoms with E-state index in [-0.39, 0.29) is 16.7 Å². The number of pyridine rings is 1. The SMILES string of the molecule is CCn1c(C(C)C)nnc1C(S)c1cc(=O)[nH]c2ccccc12. The number of nitrogens with one attached hydrogen (secondary N) is 1. The Hall–Kier alpha value is -2.08. The molecule has 0 aliphatic rings. The first-order chi connectivity index (χ1) is 11.0. The molecule has 0 amide bonds. The molecule has 2 heterocycles. The molecule has 0 spiro atoms. The van der Waals surface area contributed by atoms with Gasteiger partial charge in [0.05, 0.1) is 5.25 Å². The highest BCUT2D eigenvalue weighted by Crippen LogP contribution is 2.32. The van der Waals surface area contributed by atoms with Crippen LogP contribution in [0.25, 0.3) is 10.9 Å². The van der Waals surface area contributed by atoms with Gasteiger partial charge in [-0.3, -0.25) is 4.79 Å². The van der Waals surface area contributed by atoms with Gasteiger partial charge in [-0.25, -0.2) is 0 Å². The van der Waals surface area contributed by atoms with E-state index in [2.05, 4.69) is 40.5 Å². The van der Waals surface area contributed by atoms with E-state index in [1.807, 2.05) is 24.3 Å². The van der Waals surface area contributed by atoms with Crippen LogP contribution in [-0.2, 0) is 6.54 Å². The summed E-state index contributed by atoms with van der Waals surface area (Å²) in [6, 6.07) is 9.34. The Labute approximate surface area is 140 Å². The molecule has 1 N–H and O–H groups in total. The quantitative estimate of drug-likeness (QED) is 0.723. The lowest BCUT2D eigenvalue weighted by atomic mass is 10.1. The summed E-state index contributed by atoms with van der Waals surface area (Å²) < 4.78 is 2.08. The van der Waals surface area contributed by atoms with E-state index in [0.29, 0.717) is 0 Å². The maximum atomic E-state index is 12.0. The lowest BCUT2D eigenvalue weighted by Crippen LogP contribution is -2.13. The number of aromatic nitrogens is 4. The van der Waals surface area contributed by atoms with E-state index < -0.39 is 0 Å². The van der Waals surface area contributed by atoms with Gasteiger partial charge < -0.3 is 9.55 Å². The zero-order valence-corrected chi connectivity index (χ0v) is 14.3. The second-order valence-corrected chi connectivity index (χ2v) is 6.37. The van der Waals surface area contributed by atoms with Crippen LogP contribution in [0.4, 0.5) is 0 Å². The molecule has 3 aromatic rings. The first-order valence-corrected chi connectivity index (χ1v) is 8.27. The van der Waals surface area contributed by atoms with Crippen molar-refractivity contribution in [2.75, 3.05) is 0 Å². The van der Waals surface area contributed by atoms with Crippen molar-refractivity contribution in [2.45, 2.75) is 38.5 Å². The number of H-pyrrole nitrogens is 1. The van der Waals surface area contributed by atoms with Crippen LogP contribution in [0, 0.1) is 0 Å².